The molecule has 1 rings (SSSR count). The van der Waals surface area contributed by atoms with Gasteiger partial charge in [0.25, 0.3) is 0 Å². The molecule has 2 atom stereocenters. The molecule has 0 unspecified atom stereocenters. The molecule has 1 aliphatic rings. The zero-order valence-corrected chi connectivity index (χ0v) is 7.30. The van der Waals surface area contributed by atoms with Gasteiger partial charge in [0, 0.05) is 6.42 Å². The average Bonchev–Trinajstić information content (AvgIpc) is 1.85. The average molecular weight is 156 g/mol. The summed E-state index contributed by atoms with van der Waals surface area (Å²) in [4.78, 5) is 10.7. The molecular weight excluding hydrogens is 140 g/mol. The second kappa shape index (κ2) is 3.86. The number of rotatable bonds is 2. The Labute approximate surface area is 67.9 Å². The Morgan fingerprint density at radius 3 is 2.82 bits per heavy atom. The van der Waals surface area contributed by atoms with E-state index in [-0.39, 0.29) is 11.9 Å². The van der Waals surface area contributed by atoms with Crippen molar-refractivity contribution in [3.8, 4) is 0 Å². The third-order valence-corrected chi connectivity index (χ3v) is 2.08. The second-order valence-corrected chi connectivity index (χ2v) is 3.41. The Kier molecular flexibility index (Phi) is 3.06. The highest BCUT2D eigenvalue weighted by atomic mass is 16.5. The van der Waals surface area contributed by atoms with Crippen LogP contribution in [0.1, 0.15) is 39.5 Å². The fourth-order valence-electron chi connectivity index (χ4n) is 1.57. The maximum atomic E-state index is 10.7. The summed E-state index contributed by atoms with van der Waals surface area (Å²) in [7, 11) is 0. The monoisotopic (exact) mass is 156 g/mol. The van der Waals surface area contributed by atoms with Gasteiger partial charge in [0.05, 0.1) is 12.2 Å². The van der Waals surface area contributed by atoms with Crippen LogP contribution in [0.15, 0.2) is 0 Å². The Bertz CT molecular complexity index is 142. The number of hydrogen-bond donors (Lipinski definition) is 0. The Morgan fingerprint density at radius 2 is 2.27 bits per heavy atom. The quantitative estimate of drug-likeness (QED) is 0.610. The van der Waals surface area contributed by atoms with Gasteiger partial charge in [-0.2, -0.15) is 0 Å². The summed E-state index contributed by atoms with van der Waals surface area (Å²) in [5.41, 5.74) is 0. The summed E-state index contributed by atoms with van der Waals surface area (Å²) in [6.07, 6.45) is 4.58. The minimum absolute atomic E-state index is 0.205. The molecule has 1 fully saturated rings. The topological polar surface area (TPSA) is 26.3 Å². The third-order valence-electron chi connectivity index (χ3n) is 2.08. The van der Waals surface area contributed by atoms with E-state index in [0.29, 0.717) is 12.5 Å². The van der Waals surface area contributed by atoms with Gasteiger partial charge in [-0.25, -0.2) is 0 Å². The van der Waals surface area contributed by atoms with Crippen LogP contribution in [0.3, 0.4) is 0 Å². The summed E-state index contributed by atoms with van der Waals surface area (Å²) in [6.45, 7) is 3.70. The molecule has 64 valence electrons. The standard InChI is InChI=1S/C9H16O2/c1-7(10)6-9-5-3-4-8(2)11-9/h8-9H,3-6H2,1-2H3/t8-,9+/m0/s1. The van der Waals surface area contributed by atoms with Crippen molar-refractivity contribution in [1.29, 1.82) is 0 Å². The third kappa shape index (κ3) is 3.02. The highest BCUT2D eigenvalue weighted by Crippen LogP contribution is 2.20. The van der Waals surface area contributed by atoms with Crippen molar-refractivity contribution in [3.05, 3.63) is 0 Å². The number of carbonyl (C=O) groups excluding carboxylic acids is 1. The molecule has 0 aromatic carbocycles. The Morgan fingerprint density at radius 1 is 1.55 bits per heavy atom. The van der Waals surface area contributed by atoms with Gasteiger partial charge in [0.2, 0.25) is 0 Å². The molecule has 0 spiro atoms. The zero-order chi connectivity index (χ0) is 8.27. The largest absolute Gasteiger partial charge is 0.375 e. The van der Waals surface area contributed by atoms with Crippen molar-refractivity contribution in [2.75, 3.05) is 0 Å². The lowest BCUT2D eigenvalue weighted by Gasteiger charge is -2.26. The van der Waals surface area contributed by atoms with Gasteiger partial charge >= 0.3 is 0 Å². The lowest BCUT2D eigenvalue weighted by atomic mass is 10.0. The van der Waals surface area contributed by atoms with Crippen LogP contribution in [-0.2, 0) is 9.53 Å². The molecule has 0 aromatic heterocycles. The van der Waals surface area contributed by atoms with Crippen LogP contribution in [0.5, 0.6) is 0 Å². The highest BCUT2D eigenvalue weighted by molar-refractivity contribution is 5.75. The van der Waals surface area contributed by atoms with E-state index in [2.05, 4.69) is 6.92 Å². The molecule has 2 heteroatoms. The number of ketones is 1. The molecule has 0 aliphatic carbocycles. The van der Waals surface area contributed by atoms with Crippen LogP contribution in [0.4, 0.5) is 0 Å². The van der Waals surface area contributed by atoms with Crippen molar-refractivity contribution < 1.29 is 9.53 Å². The van der Waals surface area contributed by atoms with Crippen molar-refractivity contribution >= 4 is 5.78 Å². The van der Waals surface area contributed by atoms with Crippen LogP contribution >= 0.6 is 0 Å². The molecule has 1 heterocycles. The van der Waals surface area contributed by atoms with E-state index in [1.807, 2.05) is 0 Å². The van der Waals surface area contributed by atoms with Gasteiger partial charge in [0.1, 0.15) is 5.78 Å². The molecule has 0 radical (unpaired) electrons. The van der Waals surface area contributed by atoms with Crippen molar-refractivity contribution in [1.82, 2.24) is 0 Å². The van der Waals surface area contributed by atoms with E-state index in [1.54, 1.807) is 6.92 Å². The van der Waals surface area contributed by atoms with Gasteiger partial charge in [-0.3, -0.25) is 4.79 Å². The molecule has 0 N–H and O–H groups in total. The first-order valence-electron chi connectivity index (χ1n) is 4.33. The van der Waals surface area contributed by atoms with Crippen LogP contribution < -0.4 is 0 Å². The number of hydrogen-bond acceptors (Lipinski definition) is 2. The zero-order valence-electron chi connectivity index (χ0n) is 7.30. The lowest BCUT2D eigenvalue weighted by Crippen LogP contribution is -2.26. The van der Waals surface area contributed by atoms with E-state index in [0.717, 1.165) is 12.8 Å². The van der Waals surface area contributed by atoms with Gasteiger partial charge in [-0.05, 0) is 33.1 Å². The van der Waals surface area contributed by atoms with Gasteiger partial charge in [-0.15, -0.1) is 0 Å². The molecule has 1 aliphatic heterocycles. The lowest BCUT2D eigenvalue weighted by molar-refractivity contribution is -0.122. The summed E-state index contributed by atoms with van der Waals surface area (Å²) in [6, 6.07) is 0. The molecular formula is C9H16O2. The molecule has 2 nitrogen and oxygen atoms in total. The predicted molar refractivity (Wildman–Crippen MR) is 43.5 cm³/mol. The van der Waals surface area contributed by atoms with Crippen LogP contribution in [0, 0.1) is 0 Å². The molecule has 0 amide bonds. The summed E-state index contributed by atoms with van der Waals surface area (Å²) in [5, 5.41) is 0. The van der Waals surface area contributed by atoms with Crippen LogP contribution in [-0.4, -0.2) is 18.0 Å². The normalized spacial score (nSPS) is 31.8. The van der Waals surface area contributed by atoms with Crippen molar-refractivity contribution in [2.24, 2.45) is 0 Å². The van der Waals surface area contributed by atoms with Gasteiger partial charge in [-0.1, -0.05) is 0 Å². The van der Waals surface area contributed by atoms with Gasteiger partial charge in [0.15, 0.2) is 0 Å². The van der Waals surface area contributed by atoms with Crippen molar-refractivity contribution in [3.63, 3.8) is 0 Å². The van der Waals surface area contributed by atoms with Crippen LogP contribution in [0.2, 0.25) is 0 Å². The molecule has 0 aromatic rings. The van der Waals surface area contributed by atoms with Crippen LogP contribution in [0.25, 0.3) is 0 Å². The summed E-state index contributed by atoms with van der Waals surface area (Å²) in [5.74, 6) is 0.240. The molecule has 1 saturated heterocycles. The molecule has 0 bridgehead atoms. The maximum Gasteiger partial charge on any atom is 0.132 e. The van der Waals surface area contributed by atoms with Gasteiger partial charge < -0.3 is 4.74 Å². The van der Waals surface area contributed by atoms with Crippen molar-refractivity contribution in [2.45, 2.75) is 51.7 Å². The highest BCUT2D eigenvalue weighted by Gasteiger charge is 2.19. The predicted octanol–water partition coefficient (Wildman–Crippen LogP) is 1.92. The minimum atomic E-state index is 0.205. The molecule has 0 saturated carbocycles. The summed E-state index contributed by atoms with van der Waals surface area (Å²) < 4.78 is 5.58. The van der Waals surface area contributed by atoms with E-state index in [1.165, 1.54) is 6.42 Å². The first-order chi connectivity index (χ1) is 5.18. The van der Waals surface area contributed by atoms with E-state index in [4.69, 9.17) is 4.74 Å². The van der Waals surface area contributed by atoms with E-state index < -0.39 is 0 Å². The fraction of sp³-hybridized carbons (Fsp3) is 0.889. The van der Waals surface area contributed by atoms with E-state index >= 15 is 0 Å². The second-order valence-electron chi connectivity index (χ2n) is 3.41. The SMILES string of the molecule is CC(=O)C[C@H]1CCC[C@H](C)O1. The number of Topliss-reactive ketones (excluding diaryl/α,β-unsaturated/α-hetero) is 1. The molecule has 11 heavy (non-hydrogen) atoms. The summed E-state index contributed by atoms with van der Waals surface area (Å²) >= 11 is 0. The maximum absolute atomic E-state index is 10.7. The minimum Gasteiger partial charge on any atom is -0.375 e. The van der Waals surface area contributed by atoms with E-state index in [9.17, 15) is 4.79 Å². The Balaban J connectivity index is 2.28. The number of ether oxygens (including phenoxy) is 1. The smallest absolute Gasteiger partial charge is 0.132 e. The number of carbonyl (C=O) groups is 1. The fourth-order valence-corrected chi connectivity index (χ4v) is 1.57. The first-order valence-corrected chi connectivity index (χ1v) is 4.33. The first kappa shape index (κ1) is 8.72. The Hall–Kier alpha value is -0.370.